The summed E-state index contributed by atoms with van der Waals surface area (Å²) in [6.07, 6.45) is 4.00. The standard InChI is InChI=1S/C20H28N2O6/c1-4-27-17-12-14(10-11-16(17)26-3)19(24)28-13(2)18(23)22-20(25)21-15-8-6-5-7-9-15/h10-13,15H,4-9H2,1-3H3,(H2,21,22,23,25)/t13-/m1/s1. The molecule has 2 rings (SSSR count). The average molecular weight is 392 g/mol. The molecule has 0 aliphatic heterocycles. The van der Waals surface area contributed by atoms with E-state index in [0.717, 1.165) is 25.7 Å². The predicted molar refractivity (Wildman–Crippen MR) is 103 cm³/mol. The molecule has 0 unspecified atom stereocenters. The van der Waals surface area contributed by atoms with Crippen LogP contribution in [0.3, 0.4) is 0 Å². The molecule has 1 saturated carbocycles. The molecule has 8 nitrogen and oxygen atoms in total. The summed E-state index contributed by atoms with van der Waals surface area (Å²) < 4.78 is 15.8. The van der Waals surface area contributed by atoms with Crippen molar-refractivity contribution in [1.29, 1.82) is 0 Å². The third-order valence-corrected chi connectivity index (χ3v) is 4.53. The number of hydrogen-bond donors (Lipinski definition) is 2. The largest absolute Gasteiger partial charge is 0.493 e. The minimum atomic E-state index is -1.12. The topological polar surface area (TPSA) is 103 Å². The maximum absolute atomic E-state index is 12.3. The Hall–Kier alpha value is -2.77. The highest BCUT2D eigenvalue weighted by Gasteiger charge is 2.23. The van der Waals surface area contributed by atoms with Gasteiger partial charge < -0.3 is 19.5 Å². The number of carbonyl (C=O) groups is 3. The molecular weight excluding hydrogens is 364 g/mol. The molecule has 154 valence electrons. The molecule has 3 amide bonds. The Kier molecular flexibility index (Phi) is 8.10. The van der Waals surface area contributed by atoms with E-state index < -0.39 is 24.0 Å². The van der Waals surface area contributed by atoms with Gasteiger partial charge in [0.05, 0.1) is 19.3 Å². The highest BCUT2D eigenvalue weighted by molar-refractivity contribution is 5.98. The minimum Gasteiger partial charge on any atom is -0.493 e. The van der Waals surface area contributed by atoms with Crippen LogP contribution in [0.15, 0.2) is 18.2 Å². The van der Waals surface area contributed by atoms with Gasteiger partial charge in [-0.15, -0.1) is 0 Å². The van der Waals surface area contributed by atoms with Gasteiger partial charge in [0, 0.05) is 6.04 Å². The first-order chi connectivity index (χ1) is 13.4. The van der Waals surface area contributed by atoms with E-state index in [9.17, 15) is 14.4 Å². The number of carbonyl (C=O) groups excluding carboxylic acids is 3. The van der Waals surface area contributed by atoms with Crippen LogP contribution in [0.25, 0.3) is 0 Å². The third kappa shape index (κ3) is 6.14. The lowest BCUT2D eigenvalue weighted by atomic mass is 9.96. The molecule has 0 bridgehead atoms. The van der Waals surface area contributed by atoms with Crippen LogP contribution in [0.2, 0.25) is 0 Å². The Bertz CT molecular complexity index is 700. The summed E-state index contributed by atoms with van der Waals surface area (Å²) in [4.78, 5) is 36.4. The van der Waals surface area contributed by atoms with E-state index in [1.807, 2.05) is 6.92 Å². The Morgan fingerprint density at radius 1 is 1.14 bits per heavy atom. The fourth-order valence-electron chi connectivity index (χ4n) is 3.04. The van der Waals surface area contributed by atoms with Crippen molar-refractivity contribution in [2.75, 3.05) is 13.7 Å². The molecule has 1 atom stereocenters. The van der Waals surface area contributed by atoms with Crippen LogP contribution in [0, 0.1) is 0 Å². The normalized spacial score (nSPS) is 15.2. The number of nitrogens with one attached hydrogen (secondary N) is 2. The monoisotopic (exact) mass is 392 g/mol. The van der Waals surface area contributed by atoms with Crippen molar-refractivity contribution in [3.8, 4) is 11.5 Å². The van der Waals surface area contributed by atoms with Gasteiger partial charge in [-0.05, 0) is 44.9 Å². The Labute approximate surface area is 164 Å². The third-order valence-electron chi connectivity index (χ3n) is 4.53. The van der Waals surface area contributed by atoms with Crippen molar-refractivity contribution >= 4 is 17.9 Å². The number of ether oxygens (including phenoxy) is 3. The van der Waals surface area contributed by atoms with E-state index in [2.05, 4.69) is 10.6 Å². The minimum absolute atomic E-state index is 0.0793. The van der Waals surface area contributed by atoms with Gasteiger partial charge in [0.15, 0.2) is 17.6 Å². The molecule has 0 radical (unpaired) electrons. The van der Waals surface area contributed by atoms with Crippen LogP contribution in [0.1, 0.15) is 56.3 Å². The molecule has 1 aromatic rings. The Balaban J connectivity index is 1.89. The first-order valence-electron chi connectivity index (χ1n) is 9.57. The number of amides is 3. The first-order valence-corrected chi connectivity index (χ1v) is 9.57. The van der Waals surface area contributed by atoms with Crippen molar-refractivity contribution in [1.82, 2.24) is 10.6 Å². The SMILES string of the molecule is CCOc1cc(C(=O)O[C@H](C)C(=O)NC(=O)NC2CCCCC2)ccc1OC. The highest BCUT2D eigenvalue weighted by atomic mass is 16.5. The molecule has 1 fully saturated rings. The van der Waals surface area contributed by atoms with Gasteiger partial charge in [0.25, 0.3) is 5.91 Å². The van der Waals surface area contributed by atoms with Crippen LogP contribution in [0.4, 0.5) is 4.79 Å². The van der Waals surface area contributed by atoms with E-state index in [1.165, 1.54) is 32.6 Å². The van der Waals surface area contributed by atoms with Crippen LogP contribution in [0.5, 0.6) is 11.5 Å². The highest BCUT2D eigenvalue weighted by Crippen LogP contribution is 2.28. The van der Waals surface area contributed by atoms with Crippen molar-refractivity contribution in [3.63, 3.8) is 0 Å². The number of rotatable bonds is 7. The zero-order valence-electron chi connectivity index (χ0n) is 16.6. The van der Waals surface area contributed by atoms with Crippen molar-refractivity contribution in [3.05, 3.63) is 23.8 Å². The molecule has 0 saturated heterocycles. The summed E-state index contributed by atoms with van der Waals surface area (Å²) in [7, 11) is 1.50. The van der Waals surface area contributed by atoms with Crippen LogP contribution in [-0.2, 0) is 9.53 Å². The van der Waals surface area contributed by atoms with Crippen LogP contribution in [-0.4, -0.2) is 43.8 Å². The molecule has 0 aromatic heterocycles. The summed E-state index contributed by atoms with van der Waals surface area (Å²) in [5.74, 6) is -0.480. The van der Waals surface area contributed by atoms with E-state index >= 15 is 0 Å². The summed E-state index contributed by atoms with van der Waals surface area (Å²) in [5, 5.41) is 5.00. The zero-order chi connectivity index (χ0) is 20.5. The number of imide groups is 1. The molecule has 8 heteroatoms. The summed E-state index contributed by atoms with van der Waals surface area (Å²) >= 11 is 0. The maximum atomic E-state index is 12.3. The lowest BCUT2D eigenvalue weighted by molar-refractivity contribution is -0.127. The molecule has 1 aromatic carbocycles. The van der Waals surface area contributed by atoms with Crippen molar-refractivity contribution in [2.45, 2.75) is 58.1 Å². The lowest BCUT2D eigenvalue weighted by Crippen LogP contribution is -2.48. The van der Waals surface area contributed by atoms with Crippen LogP contribution < -0.4 is 20.1 Å². The fourth-order valence-corrected chi connectivity index (χ4v) is 3.04. The number of hydrogen-bond acceptors (Lipinski definition) is 6. The molecule has 0 spiro atoms. The second kappa shape index (κ2) is 10.5. The predicted octanol–water partition coefficient (Wildman–Crippen LogP) is 2.80. The van der Waals surface area contributed by atoms with Gasteiger partial charge in [0.2, 0.25) is 0 Å². The van der Waals surface area contributed by atoms with E-state index in [1.54, 1.807) is 6.07 Å². The number of esters is 1. The molecule has 1 aliphatic rings. The lowest BCUT2D eigenvalue weighted by Gasteiger charge is -2.23. The quantitative estimate of drug-likeness (QED) is 0.692. The fraction of sp³-hybridized carbons (Fsp3) is 0.550. The van der Waals surface area contributed by atoms with Gasteiger partial charge in [0.1, 0.15) is 0 Å². The smallest absolute Gasteiger partial charge is 0.339 e. The van der Waals surface area contributed by atoms with Gasteiger partial charge >= 0.3 is 12.0 Å². The van der Waals surface area contributed by atoms with Crippen molar-refractivity contribution in [2.24, 2.45) is 0 Å². The number of urea groups is 1. The average Bonchev–Trinajstić information content (AvgIpc) is 2.68. The molecule has 28 heavy (non-hydrogen) atoms. The molecule has 2 N–H and O–H groups in total. The number of methoxy groups -OCH3 is 1. The summed E-state index contributed by atoms with van der Waals surface area (Å²) in [6.45, 7) is 3.63. The summed E-state index contributed by atoms with van der Waals surface area (Å²) in [5.41, 5.74) is 0.218. The first kappa shape index (κ1) is 21.5. The Morgan fingerprint density at radius 2 is 1.86 bits per heavy atom. The van der Waals surface area contributed by atoms with Gasteiger partial charge in [-0.2, -0.15) is 0 Å². The second-order valence-electron chi connectivity index (χ2n) is 6.64. The van der Waals surface area contributed by atoms with Crippen molar-refractivity contribution < 1.29 is 28.6 Å². The van der Waals surface area contributed by atoms with Gasteiger partial charge in [-0.3, -0.25) is 10.1 Å². The van der Waals surface area contributed by atoms with Gasteiger partial charge in [-0.1, -0.05) is 19.3 Å². The number of benzene rings is 1. The van der Waals surface area contributed by atoms with E-state index in [0.29, 0.717) is 18.1 Å². The summed E-state index contributed by atoms with van der Waals surface area (Å²) in [6, 6.07) is 4.11. The molecular formula is C20H28N2O6. The second-order valence-corrected chi connectivity index (χ2v) is 6.64. The van der Waals surface area contributed by atoms with Gasteiger partial charge in [-0.25, -0.2) is 9.59 Å². The molecule has 1 aliphatic carbocycles. The maximum Gasteiger partial charge on any atom is 0.339 e. The van der Waals surface area contributed by atoms with E-state index in [-0.39, 0.29) is 11.6 Å². The van der Waals surface area contributed by atoms with E-state index in [4.69, 9.17) is 14.2 Å². The van der Waals surface area contributed by atoms with Crippen LogP contribution >= 0.6 is 0 Å². The zero-order valence-corrected chi connectivity index (χ0v) is 16.6. The Morgan fingerprint density at radius 3 is 2.50 bits per heavy atom. The molecule has 0 heterocycles.